The summed E-state index contributed by atoms with van der Waals surface area (Å²) in [6, 6.07) is 7.77. The summed E-state index contributed by atoms with van der Waals surface area (Å²) in [7, 11) is 0. The number of carbonyl (C=O) groups is 2. The molecule has 7 heteroatoms. The number of aromatic hydroxyl groups is 1. The highest BCUT2D eigenvalue weighted by Gasteiger charge is 2.43. The van der Waals surface area contributed by atoms with Gasteiger partial charge in [0.05, 0.1) is 24.8 Å². The summed E-state index contributed by atoms with van der Waals surface area (Å²) in [5.41, 5.74) is 0.689. The number of nitrogens with zero attached hydrogens (tertiary/aromatic N) is 1. The highest BCUT2D eigenvalue weighted by Crippen LogP contribution is 2.41. The van der Waals surface area contributed by atoms with Gasteiger partial charge in [-0.1, -0.05) is 19.1 Å². The van der Waals surface area contributed by atoms with Crippen molar-refractivity contribution in [3.8, 4) is 11.5 Å². The van der Waals surface area contributed by atoms with E-state index < -0.39 is 17.7 Å². The second-order valence-electron chi connectivity index (χ2n) is 6.11. The van der Waals surface area contributed by atoms with E-state index in [1.54, 1.807) is 26.0 Å². The maximum atomic E-state index is 12.7. The molecular weight excluding hydrogens is 366 g/mol. The molecule has 27 heavy (non-hydrogen) atoms. The van der Waals surface area contributed by atoms with Crippen LogP contribution in [0.3, 0.4) is 0 Å². The van der Waals surface area contributed by atoms with Crippen LogP contribution in [0.25, 0.3) is 0 Å². The fraction of sp³-hybridized carbons (Fsp3) is 0.300. The van der Waals surface area contributed by atoms with Gasteiger partial charge in [0.15, 0.2) is 23.0 Å². The van der Waals surface area contributed by atoms with Crippen LogP contribution in [0.5, 0.6) is 11.5 Å². The summed E-state index contributed by atoms with van der Waals surface area (Å²) in [5, 5.41) is 22.3. The lowest BCUT2D eigenvalue weighted by molar-refractivity contribution is -0.130. The highest BCUT2D eigenvalue weighted by atomic mass is 32.1. The van der Waals surface area contributed by atoms with Crippen molar-refractivity contribution in [1.29, 1.82) is 0 Å². The number of aliphatic hydroxyl groups excluding tert-OH is 1. The summed E-state index contributed by atoms with van der Waals surface area (Å²) in [6.07, 6.45) is 0.173. The molecule has 1 aliphatic rings. The van der Waals surface area contributed by atoms with Crippen LogP contribution in [0.2, 0.25) is 0 Å². The largest absolute Gasteiger partial charge is 0.504 e. The molecule has 0 bridgehead atoms. The Morgan fingerprint density at radius 1 is 1.26 bits per heavy atom. The Labute approximate surface area is 161 Å². The molecule has 1 amide bonds. The molecule has 2 N–H and O–H groups in total. The molecule has 0 fully saturated rings. The molecule has 2 aromatic rings. The van der Waals surface area contributed by atoms with E-state index in [4.69, 9.17) is 4.74 Å². The molecule has 142 valence electrons. The van der Waals surface area contributed by atoms with Gasteiger partial charge in [-0.2, -0.15) is 0 Å². The average molecular weight is 387 g/mol. The van der Waals surface area contributed by atoms with Gasteiger partial charge in [0.1, 0.15) is 0 Å². The Balaban J connectivity index is 2.08. The minimum Gasteiger partial charge on any atom is -0.504 e. The Hall–Kier alpha value is -2.80. The SMILES string of the molecule is CCOc1cc(C2C(C(=O)CC)=C(O)C(=O)N2Cc2cccs2)ccc1O. The third kappa shape index (κ3) is 3.55. The van der Waals surface area contributed by atoms with Gasteiger partial charge < -0.3 is 19.8 Å². The van der Waals surface area contributed by atoms with Crippen LogP contribution in [0.15, 0.2) is 47.0 Å². The molecule has 0 radical (unpaired) electrons. The van der Waals surface area contributed by atoms with Crippen LogP contribution in [0.4, 0.5) is 0 Å². The van der Waals surface area contributed by atoms with Crippen LogP contribution in [-0.4, -0.2) is 33.4 Å². The molecule has 0 spiro atoms. The van der Waals surface area contributed by atoms with E-state index in [0.29, 0.717) is 12.2 Å². The zero-order chi connectivity index (χ0) is 19.6. The van der Waals surface area contributed by atoms with Gasteiger partial charge in [-0.05, 0) is 36.1 Å². The number of amides is 1. The smallest absolute Gasteiger partial charge is 0.290 e. The van der Waals surface area contributed by atoms with E-state index in [2.05, 4.69) is 0 Å². The zero-order valence-electron chi connectivity index (χ0n) is 15.1. The van der Waals surface area contributed by atoms with Crippen LogP contribution in [-0.2, 0) is 16.1 Å². The number of hydrogen-bond acceptors (Lipinski definition) is 6. The van der Waals surface area contributed by atoms with E-state index in [-0.39, 0.29) is 35.8 Å². The molecule has 0 aliphatic carbocycles. The molecule has 0 saturated heterocycles. The Morgan fingerprint density at radius 2 is 2.04 bits per heavy atom. The van der Waals surface area contributed by atoms with Crippen LogP contribution in [0, 0.1) is 0 Å². The van der Waals surface area contributed by atoms with Gasteiger partial charge in [0.25, 0.3) is 5.91 Å². The minimum atomic E-state index is -0.730. The predicted octanol–water partition coefficient (Wildman–Crippen LogP) is 3.73. The summed E-state index contributed by atoms with van der Waals surface area (Å²) in [6.45, 7) is 4.12. The third-order valence-electron chi connectivity index (χ3n) is 4.43. The molecule has 2 heterocycles. The maximum Gasteiger partial charge on any atom is 0.290 e. The number of hydrogen-bond donors (Lipinski definition) is 2. The number of ketones is 1. The number of carbonyl (C=O) groups excluding carboxylic acids is 2. The third-order valence-corrected chi connectivity index (χ3v) is 5.29. The number of phenols is 1. The van der Waals surface area contributed by atoms with Gasteiger partial charge in [-0.3, -0.25) is 9.59 Å². The normalized spacial score (nSPS) is 16.9. The average Bonchev–Trinajstić information content (AvgIpc) is 3.26. The van der Waals surface area contributed by atoms with Crippen molar-refractivity contribution >= 4 is 23.0 Å². The highest BCUT2D eigenvalue weighted by molar-refractivity contribution is 7.09. The number of Topliss-reactive ketones (excluding diaryl/α,β-unsaturated/α-hetero) is 1. The number of aliphatic hydroxyl groups is 1. The van der Waals surface area contributed by atoms with Gasteiger partial charge in [-0.15, -0.1) is 11.3 Å². The van der Waals surface area contributed by atoms with E-state index in [9.17, 15) is 19.8 Å². The first-order valence-corrected chi connectivity index (χ1v) is 9.61. The monoisotopic (exact) mass is 387 g/mol. The van der Waals surface area contributed by atoms with Crippen molar-refractivity contribution < 1.29 is 24.5 Å². The first-order valence-electron chi connectivity index (χ1n) is 8.73. The number of phenolic OH excluding ortho intramolecular Hbond substituents is 1. The van der Waals surface area contributed by atoms with E-state index in [0.717, 1.165) is 4.88 Å². The van der Waals surface area contributed by atoms with Gasteiger partial charge in [0, 0.05) is 11.3 Å². The fourth-order valence-electron chi connectivity index (χ4n) is 3.18. The van der Waals surface area contributed by atoms with Gasteiger partial charge in [-0.25, -0.2) is 0 Å². The molecular formula is C20H21NO5S. The molecule has 1 aromatic heterocycles. The Kier molecular flexibility index (Phi) is 5.51. The van der Waals surface area contributed by atoms with Gasteiger partial charge in [0.2, 0.25) is 0 Å². The first-order chi connectivity index (χ1) is 13.0. The number of rotatable bonds is 7. The molecule has 1 aromatic carbocycles. The van der Waals surface area contributed by atoms with Crippen molar-refractivity contribution in [3.05, 3.63) is 57.5 Å². The molecule has 3 rings (SSSR count). The number of thiophene rings is 1. The van der Waals surface area contributed by atoms with E-state index in [1.165, 1.54) is 22.3 Å². The van der Waals surface area contributed by atoms with Crippen molar-refractivity contribution in [3.63, 3.8) is 0 Å². The quantitative estimate of drug-likeness (QED) is 0.756. The fourth-order valence-corrected chi connectivity index (χ4v) is 3.88. The Bertz CT molecular complexity index is 888. The lowest BCUT2D eigenvalue weighted by atomic mass is 9.94. The molecule has 1 unspecified atom stereocenters. The van der Waals surface area contributed by atoms with Crippen LogP contribution < -0.4 is 4.74 Å². The first kappa shape index (κ1) is 19.0. The van der Waals surface area contributed by atoms with Crippen molar-refractivity contribution in [2.24, 2.45) is 0 Å². The minimum absolute atomic E-state index is 0.0219. The molecule has 1 atom stereocenters. The summed E-state index contributed by atoms with van der Waals surface area (Å²) in [4.78, 5) is 27.6. The molecule has 1 aliphatic heterocycles. The van der Waals surface area contributed by atoms with Crippen molar-refractivity contribution in [1.82, 2.24) is 4.90 Å². The predicted molar refractivity (Wildman–Crippen MR) is 102 cm³/mol. The second kappa shape index (κ2) is 7.84. The van der Waals surface area contributed by atoms with Crippen LogP contribution >= 0.6 is 11.3 Å². The zero-order valence-corrected chi connectivity index (χ0v) is 16.0. The van der Waals surface area contributed by atoms with Crippen LogP contribution in [0.1, 0.15) is 36.8 Å². The number of benzene rings is 1. The maximum absolute atomic E-state index is 12.7. The molecule has 0 saturated carbocycles. The summed E-state index contributed by atoms with van der Waals surface area (Å²) < 4.78 is 5.44. The topological polar surface area (TPSA) is 87.1 Å². The lowest BCUT2D eigenvalue weighted by Crippen LogP contribution is -2.30. The molecule has 6 nitrogen and oxygen atoms in total. The van der Waals surface area contributed by atoms with Crippen molar-refractivity contribution in [2.45, 2.75) is 32.9 Å². The van der Waals surface area contributed by atoms with E-state index >= 15 is 0 Å². The lowest BCUT2D eigenvalue weighted by Gasteiger charge is -2.26. The van der Waals surface area contributed by atoms with Crippen molar-refractivity contribution in [2.75, 3.05) is 6.61 Å². The standard InChI is InChI=1S/C20H21NO5S/c1-3-14(22)17-18(12-7-8-15(23)16(10-12)26-4-2)21(20(25)19(17)24)11-13-6-5-9-27-13/h5-10,18,23-24H,3-4,11H2,1-2H3. The van der Waals surface area contributed by atoms with E-state index in [1.807, 2.05) is 17.5 Å². The summed E-state index contributed by atoms with van der Waals surface area (Å²) in [5.74, 6) is -1.12. The van der Waals surface area contributed by atoms with Gasteiger partial charge >= 0.3 is 0 Å². The second-order valence-corrected chi connectivity index (χ2v) is 7.15. The summed E-state index contributed by atoms with van der Waals surface area (Å²) >= 11 is 1.50. The Morgan fingerprint density at radius 3 is 2.67 bits per heavy atom. The number of ether oxygens (including phenoxy) is 1.